The van der Waals surface area contributed by atoms with Crippen molar-refractivity contribution in [2.24, 2.45) is 0 Å². The first-order chi connectivity index (χ1) is 7.57. The lowest BCUT2D eigenvalue weighted by atomic mass is 10.0. The van der Waals surface area contributed by atoms with Crippen molar-refractivity contribution < 1.29 is 18.4 Å². The van der Waals surface area contributed by atoms with Crippen LogP contribution in [0.4, 0.5) is 5.69 Å². The van der Waals surface area contributed by atoms with Gasteiger partial charge in [0.1, 0.15) is 10.5 Å². The van der Waals surface area contributed by atoms with Gasteiger partial charge >= 0.3 is 0 Å². The van der Waals surface area contributed by atoms with Gasteiger partial charge in [-0.2, -0.15) is 0 Å². The maximum Gasteiger partial charge on any atom is 0.270 e. The number of phenols is 1. The van der Waals surface area contributed by atoms with Gasteiger partial charge in [-0.1, -0.05) is 0 Å². The second-order valence-electron chi connectivity index (χ2n) is 3.91. The van der Waals surface area contributed by atoms with Gasteiger partial charge in [0.05, 0.1) is 19.7 Å². The summed E-state index contributed by atoms with van der Waals surface area (Å²) in [5.74, 6) is -0.302. The fraction of sp³-hybridized carbons (Fsp3) is 0.333. The summed E-state index contributed by atoms with van der Waals surface area (Å²) in [5.41, 5.74) is -0.300. The van der Waals surface area contributed by atoms with Crippen LogP contribution in [0.3, 0.4) is 0 Å². The summed E-state index contributed by atoms with van der Waals surface area (Å²) in [4.78, 5) is 9.95. The van der Waals surface area contributed by atoms with E-state index in [0.29, 0.717) is 0 Å². The lowest BCUT2D eigenvalue weighted by molar-refractivity contribution is -0.385. The molecule has 6 nitrogen and oxygen atoms in total. The molecule has 1 rings (SSSR count). The van der Waals surface area contributed by atoms with Crippen LogP contribution in [0.1, 0.15) is 19.4 Å². The Morgan fingerprint density at radius 2 is 1.94 bits per heavy atom. The van der Waals surface area contributed by atoms with Gasteiger partial charge in [0, 0.05) is 17.7 Å². The van der Waals surface area contributed by atoms with Crippen molar-refractivity contribution in [3.05, 3.63) is 33.9 Å². The van der Waals surface area contributed by atoms with Crippen LogP contribution in [0.2, 0.25) is 0 Å². The highest BCUT2D eigenvalue weighted by molar-refractivity contribution is 9.47. The zero-order chi connectivity index (χ0) is 13.4. The molecule has 0 saturated carbocycles. The molecule has 94 valence electrons. The molecule has 0 bridgehead atoms. The monoisotopic (exact) mass is 323 g/mol. The average molecular weight is 324 g/mol. The molecule has 0 atom stereocenters. The maximum atomic E-state index is 11.5. The van der Waals surface area contributed by atoms with Gasteiger partial charge in [-0.15, -0.1) is 0 Å². The number of nitrogens with zero attached hydrogens (tertiary/aromatic N) is 1. The van der Waals surface area contributed by atoms with E-state index in [9.17, 15) is 23.6 Å². The van der Waals surface area contributed by atoms with Crippen LogP contribution in [0, 0.1) is 10.1 Å². The number of non-ortho nitro benzene ring substituents is 1. The number of nitro benzene ring substituents is 1. The van der Waals surface area contributed by atoms with Crippen molar-refractivity contribution in [3.8, 4) is 5.75 Å². The van der Waals surface area contributed by atoms with E-state index in [4.69, 9.17) is 0 Å². The number of aromatic hydroxyl groups is 1. The van der Waals surface area contributed by atoms with E-state index < -0.39 is 17.9 Å². The Balaban J connectivity index is 3.51. The van der Waals surface area contributed by atoms with Gasteiger partial charge in [-0.25, -0.2) is 8.42 Å². The van der Waals surface area contributed by atoms with Gasteiger partial charge in [-0.3, -0.25) is 10.1 Å². The minimum absolute atomic E-state index is 0.0245. The first kappa shape index (κ1) is 13.9. The van der Waals surface area contributed by atoms with Crippen molar-refractivity contribution in [1.29, 1.82) is 0 Å². The molecular weight excluding hydrogens is 314 g/mol. The van der Waals surface area contributed by atoms with E-state index in [-0.39, 0.29) is 17.0 Å². The Morgan fingerprint density at radius 3 is 2.35 bits per heavy atom. The Morgan fingerprint density at radius 1 is 1.41 bits per heavy atom. The number of rotatable bonds is 3. The first-order valence-corrected chi connectivity index (χ1v) is 7.82. The third kappa shape index (κ3) is 2.58. The lowest BCUT2D eigenvalue weighted by Gasteiger charge is -2.22. The van der Waals surface area contributed by atoms with Crippen LogP contribution < -0.4 is 0 Å². The summed E-state index contributed by atoms with van der Waals surface area (Å²) in [6.07, 6.45) is 0. The molecule has 0 fully saturated rings. The summed E-state index contributed by atoms with van der Waals surface area (Å²) in [6.45, 7) is 2.69. The highest BCUT2D eigenvalue weighted by Gasteiger charge is 2.37. The van der Waals surface area contributed by atoms with Crippen molar-refractivity contribution in [1.82, 2.24) is 0 Å². The quantitative estimate of drug-likeness (QED) is 0.522. The highest BCUT2D eigenvalue weighted by Crippen LogP contribution is 2.39. The zero-order valence-corrected chi connectivity index (χ0v) is 11.4. The molecule has 0 heterocycles. The molecule has 0 aromatic heterocycles. The molecule has 0 unspecified atom stereocenters. The van der Waals surface area contributed by atoms with Gasteiger partial charge < -0.3 is 5.11 Å². The molecule has 0 amide bonds. The summed E-state index contributed by atoms with van der Waals surface area (Å²) in [5, 5.41) is 20.2. The van der Waals surface area contributed by atoms with Crippen LogP contribution >= 0.6 is 14.8 Å². The summed E-state index contributed by atoms with van der Waals surface area (Å²) in [7, 11) is -3.69. The normalized spacial score (nSPS) is 12.4. The summed E-state index contributed by atoms with van der Waals surface area (Å²) < 4.78 is 21.6. The van der Waals surface area contributed by atoms with Crippen LogP contribution in [-0.2, 0) is 13.0 Å². The van der Waals surface area contributed by atoms with Crippen molar-refractivity contribution in [2.75, 3.05) is 0 Å². The third-order valence-corrected chi connectivity index (χ3v) is 6.32. The van der Waals surface area contributed by atoms with Crippen LogP contribution in [0.25, 0.3) is 0 Å². The van der Waals surface area contributed by atoms with E-state index >= 15 is 0 Å². The number of benzene rings is 1. The predicted molar refractivity (Wildman–Crippen MR) is 65.6 cm³/mol. The Hall–Kier alpha value is -1.15. The van der Waals surface area contributed by atoms with Gasteiger partial charge in [0.25, 0.3) is 5.69 Å². The minimum Gasteiger partial charge on any atom is -0.508 e. The third-order valence-electron chi connectivity index (χ3n) is 2.45. The second kappa shape index (κ2) is 4.26. The van der Waals surface area contributed by atoms with E-state index in [0.717, 1.165) is 18.2 Å². The molecule has 0 saturated heterocycles. The first-order valence-electron chi connectivity index (χ1n) is 4.49. The number of halogens is 1. The van der Waals surface area contributed by atoms with Crippen LogP contribution in [-0.4, -0.2) is 18.4 Å². The topological polar surface area (TPSA) is 97.5 Å². The Labute approximate surface area is 106 Å². The number of hydrogen-bond acceptors (Lipinski definition) is 5. The smallest absolute Gasteiger partial charge is 0.270 e. The molecular formula is C9H10BrNO5S. The molecule has 8 heteroatoms. The molecule has 1 aromatic rings. The van der Waals surface area contributed by atoms with Crippen molar-refractivity contribution in [2.45, 2.75) is 18.6 Å². The minimum atomic E-state index is -3.69. The van der Waals surface area contributed by atoms with Crippen LogP contribution in [0.15, 0.2) is 18.2 Å². The van der Waals surface area contributed by atoms with E-state index in [1.165, 1.54) is 13.8 Å². The van der Waals surface area contributed by atoms with Gasteiger partial charge in [-0.05, 0) is 19.9 Å². The molecule has 0 aliphatic heterocycles. The standard InChI is InChI=1S/C9H10BrNO5S/c1-9(2,17(10,15)16)7-5-6(11(13)14)3-4-8(7)12/h3-5,12H,1-2H3. The molecule has 1 aromatic carbocycles. The van der Waals surface area contributed by atoms with Gasteiger partial charge in [0.15, 0.2) is 0 Å². The lowest BCUT2D eigenvalue weighted by Crippen LogP contribution is -2.24. The summed E-state index contributed by atoms with van der Waals surface area (Å²) in [6, 6.07) is 3.26. The molecule has 0 aliphatic rings. The molecule has 0 aliphatic carbocycles. The molecule has 17 heavy (non-hydrogen) atoms. The van der Waals surface area contributed by atoms with E-state index in [1.54, 1.807) is 0 Å². The van der Waals surface area contributed by atoms with Crippen molar-refractivity contribution >= 4 is 28.8 Å². The number of nitro groups is 1. The average Bonchev–Trinajstić information content (AvgIpc) is 2.15. The molecule has 0 spiro atoms. The largest absolute Gasteiger partial charge is 0.508 e. The van der Waals surface area contributed by atoms with E-state index in [2.05, 4.69) is 14.8 Å². The zero-order valence-electron chi connectivity index (χ0n) is 9.05. The number of phenolic OH excluding ortho intramolecular Hbond substituents is 1. The SMILES string of the molecule is CC(C)(c1cc([N+](=O)[O-])ccc1O)S(=O)(=O)Br. The predicted octanol–water partition coefficient (Wildman–Crippen LogP) is 2.26. The summed E-state index contributed by atoms with van der Waals surface area (Å²) >= 11 is 2.52. The van der Waals surface area contributed by atoms with E-state index in [1.807, 2.05) is 0 Å². The maximum absolute atomic E-state index is 11.5. The number of hydrogen-bond donors (Lipinski definition) is 1. The Kier molecular flexibility index (Phi) is 3.49. The van der Waals surface area contributed by atoms with Gasteiger partial charge in [0.2, 0.25) is 8.27 Å². The molecule has 0 radical (unpaired) electrons. The fourth-order valence-electron chi connectivity index (χ4n) is 1.25. The second-order valence-corrected chi connectivity index (χ2v) is 8.36. The Bertz CT molecular complexity index is 567. The van der Waals surface area contributed by atoms with Crippen LogP contribution in [0.5, 0.6) is 5.75 Å². The molecule has 1 N–H and O–H groups in total. The fourth-order valence-corrected chi connectivity index (χ4v) is 2.20. The highest BCUT2D eigenvalue weighted by atomic mass is 79.9. The van der Waals surface area contributed by atoms with Crippen molar-refractivity contribution in [3.63, 3.8) is 0 Å².